The van der Waals surface area contributed by atoms with Crippen molar-refractivity contribution < 1.29 is 13.5 Å². The maximum absolute atomic E-state index is 13.6. The predicted octanol–water partition coefficient (Wildman–Crippen LogP) is 3.17. The topological polar surface area (TPSA) is 78.2 Å². The SMILES string of the molecule is COc1cn(Cc2cc(F)cc(F)c2)c(Nc2cccc3c2ccc(=O)n3C)nc1=O. The van der Waals surface area contributed by atoms with Gasteiger partial charge in [0.1, 0.15) is 11.6 Å². The van der Waals surface area contributed by atoms with E-state index in [4.69, 9.17) is 4.74 Å². The molecular weight excluding hydrogens is 406 g/mol. The Labute approximate surface area is 175 Å². The van der Waals surface area contributed by atoms with Gasteiger partial charge in [0.15, 0.2) is 0 Å². The largest absolute Gasteiger partial charge is 0.490 e. The van der Waals surface area contributed by atoms with Crippen molar-refractivity contribution in [2.75, 3.05) is 12.4 Å². The smallest absolute Gasteiger partial charge is 0.316 e. The summed E-state index contributed by atoms with van der Waals surface area (Å²) in [5, 5.41) is 3.83. The summed E-state index contributed by atoms with van der Waals surface area (Å²) >= 11 is 0. The average molecular weight is 424 g/mol. The lowest BCUT2D eigenvalue weighted by Crippen LogP contribution is -2.19. The van der Waals surface area contributed by atoms with Crippen LogP contribution >= 0.6 is 0 Å². The second kappa shape index (κ2) is 8.02. The van der Waals surface area contributed by atoms with Crippen LogP contribution in [0.1, 0.15) is 5.56 Å². The second-order valence-corrected chi connectivity index (χ2v) is 6.94. The van der Waals surface area contributed by atoms with E-state index in [-0.39, 0.29) is 23.8 Å². The van der Waals surface area contributed by atoms with Gasteiger partial charge in [-0.25, -0.2) is 8.78 Å². The molecule has 0 fully saturated rings. The number of rotatable bonds is 5. The molecule has 0 amide bonds. The molecule has 4 rings (SSSR count). The summed E-state index contributed by atoms with van der Waals surface area (Å²) in [6.07, 6.45) is 1.42. The number of methoxy groups -OCH3 is 1. The molecule has 7 nitrogen and oxygen atoms in total. The minimum atomic E-state index is -0.708. The lowest BCUT2D eigenvalue weighted by Gasteiger charge is -2.17. The molecule has 9 heteroatoms. The molecular formula is C22H18F2N4O3. The molecule has 158 valence electrons. The first-order chi connectivity index (χ1) is 14.9. The number of aryl methyl sites for hydroxylation is 1. The van der Waals surface area contributed by atoms with Gasteiger partial charge in [-0.3, -0.25) is 9.59 Å². The van der Waals surface area contributed by atoms with E-state index in [0.29, 0.717) is 16.8 Å². The molecule has 0 aliphatic carbocycles. The number of fused-ring (bicyclic) bond motifs is 1. The number of halogens is 2. The monoisotopic (exact) mass is 424 g/mol. The van der Waals surface area contributed by atoms with Crippen molar-refractivity contribution in [2.24, 2.45) is 7.05 Å². The molecule has 4 aromatic rings. The number of nitrogens with zero attached hydrogens (tertiary/aromatic N) is 3. The van der Waals surface area contributed by atoms with Gasteiger partial charge in [0, 0.05) is 24.6 Å². The van der Waals surface area contributed by atoms with Crippen LogP contribution < -0.4 is 21.2 Å². The molecule has 0 aliphatic rings. The van der Waals surface area contributed by atoms with Gasteiger partial charge in [0.25, 0.3) is 5.56 Å². The summed E-state index contributed by atoms with van der Waals surface area (Å²) in [5.74, 6) is -1.28. The molecule has 1 N–H and O–H groups in total. The fraction of sp³-hybridized carbons (Fsp3) is 0.136. The highest BCUT2D eigenvalue weighted by atomic mass is 19.1. The van der Waals surface area contributed by atoms with Crippen molar-refractivity contribution in [1.29, 1.82) is 0 Å². The standard InChI is InChI=1S/C22H18F2N4O3/c1-27-18-5-3-4-17(16(18)6-7-20(27)29)25-22-26-21(30)19(31-2)12-28(22)11-13-8-14(23)10-15(24)9-13/h3-10,12H,11H2,1-2H3,(H,25,26,30). The van der Waals surface area contributed by atoms with Gasteiger partial charge in [-0.2, -0.15) is 4.98 Å². The van der Waals surface area contributed by atoms with Crippen LogP contribution in [-0.2, 0) is 13.6 Å². The van der Waals surface area contributed by atoms with Crippen molar-refractivity contribution in [1.82, 2.24) is 14.1 Å². The number of hydrogen-bond donors (Lipinski definition) is 1. The molecule has 2 heterocycles. The van der Waals surface area contributed by atoms with E-state index >= 15 is 0 Å². The number of aromatic nitrogens is 3. The summed E-state index contributed by atoms with van der Waals surface area (Å²) in [4.78, 5) is 28.3. The van der Waals surface area contributed by atoms with E-state index < -0.39 is 17.2 Å². The third-order valence-electron chi connectivity index (χ3n) is 4.87. The fourth-order valence-corrected chi connectivity index (χ4v) is 3.37. The van der Waals surface area contributed by atoms with Crippen LogP contribution in [-0.4, -0.2) is 21.2 Å². The zero-order valence-electron chi connectivity index (χ0n) is 16.7. The van der Waals surface area contributed by atoms with E-state index in [9.17, 15) is 18.4 Å². The van der Waals surface area contributed by atoms with Crippen LogP contribution in [0, 0.1) is 11.6 Å². The highest BCUT2D eigenvalue weighted by Gasteiger charge is 2.13. The molecule has 0 aliphatic heterocycles. The van der Waals surface area contributed by atoms with Crippen molar-refractivity contribution in [3.63, 3.8) is 0 Å². The molecule has 0 bridgehead atoms. The van der Waals surface area contributed by atoms with Crippen LogP contribution in [0.5, 0.6) is 5.75 Å². The summed E-state index contributed by atoms with van der Waals surface area (Å²) in [5.41, 5.74) is 0.876. The molecule has 0 spiro atoms. The van der Waals surface area contributed by atoms with E-state index in [1.807, 2.05) is 0 Å². The Hall–Kier alpha value is -4.01. The summed E-state index contributed by atoms with van der Waals surface area (Å²) in [6.45, 7) is 0.0317. The molecule has 0 unspecified atom stereocenters. The highest BCUT2D eigenvalue weighted by molar-refractivity contribution is 5.92. The minimum Gasteiger partial charge on any atom is -0.490 e. The minimum absolute atomic E-state index is 0.0114. The quantitative estimate of drug-likeness (QED) is 0.533. The summed E-state index contributed by atoms with van der Waals surface area (Å²) in [7, 11) is 3.00. The third kappa shape index (κ3) is 4.02. The number of nitrogens with one attached hydrogen (secondary N) is 1. The maximum Gasteiger partial charge on any atom is 0.316 e. The Morgan fingerprint density at radius 1 is 1.06 bits per heavy atom. The lowest BCUT2D eigenvalue weighted by atomic mass is 10.1. The molecule has 2 aromatic heterocycles. The fourth-order valence-electron chi connectivity index (χ4n) is 3.37. The molecule has 0 saturated heterocycles. The number of pyridine rings is 1. The number of hydrogen-bond acceptors (Lipinski definition) is 5. The Morgan fingerprint density at radius 3 is 2.52 bits per heavy atom. The van der Waals surface area contributed by atoms with Crippen molar-refractivity contribution in [3.05, 3.63) is 92.6 Å². The molecule has 31 heavy (non-hydrogen) atoms. The van der Waals surface area contributed by atoms with Crippen molar-refractivity contribution in [3.8, 4) is 5.75 Å². The number of anilines is 2. The van der Waals surface area contributed by atoms with Crippen LogP contribution in [0.2, 0.25) is 0 Å². The first kappa shape index (κ1) is 20.3. The maximum atomic E-state index is 13.6. The number of benzene rings is 2. The normalized spacial score (nSPS) is 11.0. The first-order valence-corrected chi connectivity index (χ1v) is 9.32. The second-order valence-electron chi connectivity index (χ2n) is 6.94. The van der Waals surface area contributed by atoms with Crippen LogP contribution in [0.25, 0.3) is 10.9 Å². The van der Waals surface area contributed by atoms with E-state index in [0.717, 1.165) is 11.5 Å². The zero-order valence-corrected chi connectivity index (χ0v) is 16.7. The summed E-state index contributed by atoms with van der Waals surface area (Å²) in [6, 6.07) is 11.6. The van der Waals surface area contributed by atoms with E-state index in [2.05, 4.69) is 10.3 Å². The number of ether oxygens (including phenoxy) is 1. The van der Waals surface area contributed by atoms with Gasteiger partial charge in [-0.05, 0) is 35.9 Å². The van der Waals surface area contributed by atoms with Gasteiger partial charge in [0.2, 0.25) is 11.7 Å². The first-order valence-electron chi connectivity index (χ1n) is 9.32. The van der Waals surface area contributed by atoms with Gasteiger partial charge in [-0.1, -0.05) is 6.07 Å². The molecule has 0 radical (unpaired) electrons. The van der Waals surface area contributed by atoms with Crippen LogP contribution in [0.4, 0.5) is 20.4 Å². The van der Waals surface area contributed by atoms with Gasteiger partial charge < -0.3 is 19.2 Å². The van der Waals surface area contributed by atoms with Crippen LogP contribution in [0.3, 0.4) is 0 Å². The summed E-state index contributed by atoms with van der Waals surface area (Å²) < 4.78 is 35.4. The average Bonchev–Trinajstić information content (AvgIpc) is 2.72. The zero-order chi connectivity index (χ0) is 22.1. The lowest BCUT2D eigenvalue weighted by molar-refractivity contribution is 0.402. The highest BCUT2D eigenvalue weighted by Crippen LogP contribution is 2.25. The van der Waals surface area contributed by atoms with Crippen molar-refractivity contribution >= 4 is 22.5 Å². The third-order valence-corrected chi connectivity index (χ3v) is 4.87. The Bertz CT molecular complexity index is 1390. The van der Waals surface area contributed by atoms with Gasteiger partial charge in [0.05, 0.1) is 31.1 Å². The van der Waals surface area contributed by atoms with E-state index in [1.165, 1.54) is 40.6 Å². The molecule has 0 saturated carbocycles. The van der Waals surface area contributed by atoms with Crippen LogP contribution in [0.15, 0.2) is 64.3 Å². The molecule has 0 atom stereocenters. The van der Waals surface area contributed by atoms with Crippen molar-refractivity contribution in [2.45, 2.75) is 6.54 Å². The Morgan fingerprint density at radius 2 is 1.81 bits per heavy atom. The van der Waals surface area contributed by atoms with Gasteiger partial charge >= 0.3 is 5.56 Å². The van der Waals surface area contributed by atoms with Gasteiger partial charge in [-0.15, -0.1) is 0 Å². The van der Waals surface area contributed by atoms with E-state index in [1.54, 1.807) is 31.3 Å². The Kier molecular flexibility index (Phi) is 5.24. The Balaban J connectivity index is 1.82. The predicted molar refractivity (Wildman–Crippen MR) is 113 cm³/mol. The molecule has 2 aromatic carbocycles.